The van der Waals surface area contributed by atoms with Crippen LogP contribution in [0.1, 0.15) is 141 Å². The van der Waals surface area contributed by atoms with Crippen LogP contribution in [0, 0.1) is 59.2 Å². The Balaban J connectivity index is 0.939. The molecule has 4 N–H and O–H groups in total. The number of carbonyl (C=O) groups excluding carboxylic acids is 1. The van der Waals surface area contributed by atoms with Gasteiger partial charge in [-0.3, -0.25) is 14.8 Å². The van der Waals surface area contributed by atoms with Gasteiger partial charge in [-0.2, -0.15) is 0 Å². The van der Waals surface area contributed by atoms with Crippen LogP contribution >= 0.6 is 0 Å². The molecule has 5 rings (SSSR count). The van der Waals surface area contributed by atoms with Crippen LogP contribution < -0.4 is 10.8 Å². The Morgan fingerprint density at radius 2 is 1.13 bits per heavy atom. The lowest BCUT2D eigenvalue weighted by Crippen LogP contribution is -2.43. The van der Waals surface area contributed by atoms with Crippen molar-refractivity contribution in [2.45, 2.75) is 141 Å². The number of hydrogen-bond acceptors (Lipinski definition) is 6. The van der Waals surface area contributed by atoms with Gasteiger partial charge in [0.05, 0.1) is 25.0 Å². The highest BCUT2D eigenvalue weighted by atomic mass is 17.1. The van der Waals surface area contributed by atoms with Crippen molar-refractivity contribution in [3.05, 3.63) is 0 Å². The van der Waals surface area contributed by atoms with E-state index >= 15 is 0 Å². The Kier molecular flexibility index (Phi) is 15.0. The smallest absolute Gasteiger partial charge is 0.307 e. The van der Waals surface area contributed by atoms with Gasteiger partial charge in [0.15, 0.2) is 0 Å². The van der Waals surface area contributed by atoms with E-state index in [9.17, 15) is 20.0 Å². The molecule has 0 aliphatic heterocycles. The largest absolute Gasteiger partial charge is 0.481 e. The molecule has 1 amide bonds. The van der Waals surface area contributed by atoms with Crippen molar-refractivity contribution in [1.29, 1.82) is 0 Å². The topological polar surface area (TPSA) is 117 Å². The first-order chi connectivity index (χ1) is 22.5. The molecule has 6 atom stereocenters. The van der Waals surface area contributed by atoms with Gasteiger partial charge in [0.1, 0.15) is 0 Å². The average molecular weight is 647 g/mol. The van der Waals surface area contributed by atoms with Gasteiger partial charge >= 0.3 is 5.97 Å². The van der Waals surface area contributed by atoms with Crippen molar-refractivity contribution >= 4 is 11.9 Å². The van der Waals surface area contributed by atoms with Crippen LogP contribution in [0.15, 0.2) is 0 Å². The Hall–Kier alpha value is -1.22. The van der Waals surface area contributed by atoms with Crippen LogP contribution in [0.3, 0.4) is 0 Å². The van der Waals surface area contributed by atoms with Crippen molar-refractivity contribution < 1.29 is 29.7 Å². The predicted molar refractivity (Wildman–Crippen MR) is 180 cm³/mol. The molecule has 0 spiro atoms. The molecular weight excluding hydrogens is 580 g/mol. The zero-order valence-corrected chi connectivity index (χ0v) is 28.7. The zero-order chi connectivity index (χ0) is 32.1. The predicted octanol–water partition coefficient (Wildman–Crippen LogP) is 8.01. The van der Waals surface area contributed by atoms with Gasteiger partial charge in [-0.25, -0.2) is 10.4 Å². The molecular formula is C38H66N2O6. The van der Waals surface area contributed by atoms with Gasteiger partial charge < -0.3 is 15.3 Å². The minimum absolute atomic E-state index is 0.0337. The summed E-state index contributed by atoms with van der Waals surface area (Å²) in [6, 6.07) is 0. The number of amides is 1. The third-order valence-electron chi connectivity index (χ3n) is 13.2. The van der Waals surface area contributed by atoms with Gasteiger partial charge in [0, 0.05) is 13.1 Å². The molecule has 0 radical (unpaired) electrons. The molecule has 0 aromatic carbocycles. The second kappa shape index (κ2) is 19.1. The minimum Gasteiger partial charge on any atom is -0.481 e. The average Bonchev–Trinajstić information content (AvgIpc) is 3.08. The number of hydrogen-bond donors (Lipinski definition) is 4. The second-order valence-corrected chi connectivity index (χ2v) is 16.5. The number of hydroxylamine groups is 1. The molecule has 5 aliphatic rings. The summed E-state index contributed by atoms with van der Waals surface area (Å²) < 4.78 is 0. The van der Waals surface area contributed by atoms with Gasteiger partial charge in [-0.05, 0) is 118 Å². The van der Waals surface area contributed by atoms with Crippen LogP contribution in [0.25, 0.3) is 0 Å². The van der Waals surface area contributed by atoms with E-state index in [2.05, 4.69) is 15.7 Å². The van der Waals surface area contributed by atoms with Crippen molar-refractivity contribution in [3.8, 4) is 0 Å². The van der Waals surface area contributed by atoms with E-state index in [-0.39, 0.29) is 11.8 Å². The lowest BCUT2D eigenvalue weighted by atomic mass is 9.69. The third kappa shape index (κ3) is 11.2. The molecule has 0 saturated heterocycles. The van der Waals surface area contributed by atoms with Crippen LogP contribution in [0.4, 0.5) is 0 Å². The maximum atomic E-state index is 13.2. The van der Waals surface area contributed by atoms with Crippen LogP contribution in [0.2, 0.25) is 0 Å². The highest BCUT2D eigenvalue weighted by Gasteiger charge is 2.40. The quantitative estimate of drug-likeness (QED) is 0.0809. The summed E-state index contributed by atoms with van der Waals surface area (Å²) >= 11 is 0. The Morgan fingerprint density at radius 1 is 0.565 bits per heavy atom. The van der Waals surface area contributed by atoms with E-state index in [4.69, 9.17) is 4.84 Å². The number of nitrogens with one attached hydrogen (secondary N) is 2. The summed E-state index contributed by atoms with van der Waals surface area (Å²) in [7, 11) is 0. The van der Waals surface area contributed by atoms with Crippen molar-refractivity contribution in [2.24, 2.45) is 59.2 Å². The van der Waals surface area contributed by atoms with Crippen LogP contribution in [-0.2, 0) is 19.3 Å². The molecule has 5 saturated carbocycles. The molecule has 5 fully saturated rings. The maximum absolute atomic E-state index is 13.2. The summed E-state index contributed by atoms with van der Waals surface area (Å²) in [6.07, 6.45) is 26.5. The monoisotopic (exact) mass is 646 g/mol. The molecule has 5 aliphatic carbocycles. The molecule has 264 valence electrons. The van der Waals surface area contributed by atoms with Crippen molar-refractivity contribution in [1.82, 2.24) is 10.8 Å². The van der Waals surface area contributed by atoms with E-state index in [1.807, 2.05) is 0 Å². The first-order valence-electron chi connectivity index (χ1n) is 19.6. The molecule has 0 bridgehead atoms. The lowest BCUT2D eigenvalue weighted by molar-refractivity contribution is -0.257. The number of carbonyl (C=O) groups is 2. The molecule has 8 heteroatoms. The maximum Gasteiger partial charge on any atom is 0.307 e. The Bertz CT molecular complexity index is 898. The molecule has 46 heavy (non-hydrogen) atoms. The fourth-order valence-electron chi connectivity index (χ4n) is 10.4. The number of carboxylic acid groups (broad SMARTS) is 1. The highest BCUT2D eigenvalue weighted by Crippen LogP contribution is 2.41. The summed E-state index contributed by atoms with van der Waals surface area (Å²) in [4.78, 5) is 36.0. The van der Waals surface area contributed by atoms with E-state index in [0.29, 0.717) is 62.2 Å². The van der Waals surface area contributed by atoms with Crippen LogP contribution in [0.5, 0.6) is 0 Å². The number of rotatable bonds is 15. The summed E-state index contributed by atoms with van der Waals surface area (Å²) in [5.41, 5.74) is 3.27. The SMILES string of the molecule is O=C(O)C1CC(CC2CCCCC2)CCC1C(=O)NCC1CCC(CNOCC2CCC(CC3CCCCC3)CC2COO)CC1. The number of carboxylic acids is 1. The van der Waals surface area contributed by atoms with E-state index in [0.717, 1.165) is 75.7 Å². The van der Waals surface area contributed by atoms with Crippen molar-refractivity contribution in [3.63, 3.8) is 0 Å². The first kappa shape index (κ1) is 36.1. The van der Waals surface area contributed by atoms with Gasteiger partial charge in [0.2, 0.25) is 5.91 Å². The fourth-order valence-corrected chi connectivity index (χ4v) is 10.4. The fraction of sp³-hybridized carbons (Fsp3) is 0.947. The normalized spacial score (nSPS) is 35.1. The molecule has 0 aromatic heterocycles. The Morgan fingerprint density at radius 3 is 1.74 bits per heavy atom. The van der Waals surface area contributed by atoms with E-state index in [1.165, 1.54) is 77.0 Å². The standard InChI is InChI=1S/C38H66N2O6/c41-37(35-18-16-32(22-36(35)38(42)43)20-28-9-5-2-6-10-28)39-23-29-11-13-30(14-12-29)24-40-45-25-33-17-15-31(21-34(33)26-46-44)19-27-7-3-1-4-8-27/h27-36,40,44H,1-26H2,(H,39,41)(H,42,43). The molecule has 0 heterocycles. The molecule has 0 aromatic rings. The molecule has 8 nitrogen and oxygen atoms in total. The molecule has 6 unspecified atom stereocenters. The minimum atomic E-state index is -0.789. The van der Waals surface area contributed by atoms with Gasteiger partial charge in [0.25, 0.3) is 0 Å². The van der Waals surface area contributed by atoms with E-state index < -0.39 is 11.9 Å². The zero-order valence-electron chi connectivity index (χ0n) is 28.7. The number of aliphatic carboxylic acids is 1. The lowest BCUT2D eigenvalue weighted by Gasteiger charge is -2.37. The van der Waals surface area contributed by atoms with Crippen molar-refractivity contribution in [2.75, 3.05) is 26.3 Å². The summed E-state index contributed by atoms with van der Waals surface area (Å²) in [5, 5.41) is 22.4. The second-order valence-electron chi connectivity index (χ2n) is 16.5. The third-order valence-corrected chi connectivity index (χ3v) is 13.2. The summed E-state index contributed by atoms with van der Waals surface area (Å²) in [5.74, 6) is 2.98. The van der Waals surface area contributed by atoms with Crippen LogP contribution in [-0.4, -0.2) is 48.5 Å². The van der Waals surface area contributed by atoms with Gasteiger partial charge in [-0.1, -0.05) is 70.6 Å². The Labute approximate surface area is 278 Å². The van der Waals surface area contributed by atoms with Gasteiger partial charge in [-0.15, -0.1) is 0 Å². The van der Waals surface area contributed by atoms with E-state index in [1.54, 1.807) is 0 Å². The first-order valence-corrected chi connectivity index (χ1v) is 19.6. The highest BCUT2D eigenvalue weighted by molar-refractivity contribution is 5.84. The summed E-state index contributed by atoms with van der Waals surface area (Å²) in [6.45, 7) is 2.60.